The first-order valence-electron chi connectivity index (χ1n) is 11.8. The second-order valence-electron chi connectivity index (χ2n) is 9.13. The molecule has 3 atom stereocenters. The van der Waals surface area contributed by atoms with Gasteiger partial charge in [-0.3, -0.25) is 4.79 Å². The molecule has 0 radical (unpaired) electrons. The molecule has 2 saturated heterocycles. The molecule has 3 aliphatic rings. The van der Waals surface area contributed by atoms with E-state index in [2.05, 4.69) is 10.3 Å². The molecule has 0 saturated carbocycles. The number of fused-ring (bicyclic) bond motifs is 2. The van der Waals surface area contributed by atoms with E-state index >= 15 is 0 Å². The van der Waals surface area contributed by atoms with E-state index < -0.39 is 11.9 Å². The number of halogens is 1. The van der Waals surface area contributed by atoms with Gasteiger partial charge in [0.15, 0.2) is 0 Å². The molecule has 34 heavy (non-hydrogen) atoms. The number of nitrogens with zero attached hydrogens (tertiary/aromatic N) is 2. The number of carbonyl (C=O) groups is 1. The van der Waals surface area contributed by atoms with Crippen molar-refractivity contribution < 1.29 is 28.1 Å². The van der Waals surface area contributed by atoms with Gasteiger partial charge in [-0.25, -0.2) is 9.37 Å². The molecule has 182 valence electrons. The third-order valence-corrected chi connectivity index (χ3v) is 6.26. The van der Waals surface area contributed by atoms with E-state index in [0.29, 0.717) is 55.6 Å². The molecular formula is C25H30FN3O5. The van der Waals surface area contributed by atoms with Crippen LogP contribution in [0.25, 0.3) is 0 Å². The Kier molecular flexibility index (Phi) is 6.78. The van der Waals surface area contributed by atoms with E-state index in [4.69, 9.17) is 18.9 Å². The normalized spacial score (nSPS) is 24.7. The van der Waals surface area contributed by atoms with E-state index in [1.807, 2.05) is 32.0 Å². The fourth-order valence-corrected chi connectivity index (χ4v) is 4.64. The van der Waals surface area contributed by atoms with Gasteiger partial charge in [0.2, 0.25) is 0 Å². The number of pyridine rings is 1. The summed E-state index contributed by atoms with van der Waals surface area (Å²) in [6.45, 7) is 6.07. The number of rotatable bonds is 4. The van der Waals surface area contributed by atoms with E-state index in [0.717, 1.165) is 12.0 Å². The minimum atomic E-state index is -0.596. The summed E-state index contributed by atoms with van der Waals surface area (Å²) < 4.78 is 37.3. The van der Waals surface area contributed by atoms with Crippen molar-refractivity contribution >= 4 is 23.1 Å². The van der Waals surface area contributed by atoms with E-state index in [9.17, 15) is 9.18 Å². The molecule has 9 heteroatoms. The second kappa shape index (κ2) is 9.95. The van der Waals surface area contributed by atoms with Crippen LogP contribution in [0.3, 0.4) is 0 Å². The number of nitrogens with one attached hydrogen (secondary N) is 1. The minimum absolute atomic E-state index is 0.0174. The highest BCUT2D eigenvalue weighted by Crippen LogP contribution is 2.38. The Morgan fingerprint density at radius 3 is 2.82 bits per heavy atom. The fraction of sp³-hybridized carbons (Fsp3) is 0.520. The molecule has 3 aliphatic heterocycles. The van der Waals surface area contributed by atoms with Gasteiger partial charge in [0.25, 0.3) is 5.91 Å². The zero-order valence-electron chi connectivity index (χ0n) is 19.5. The van der Waals surface area contributed by atoms with Crippen LogP contribution in [0.4, 0.5) is 21.6 Å². The van der Waals surface area contributed by atoms with Gasteiger partial charge in [-0.05, 0) is 50.5 Å². The molecule has 2 aromatic rings. The maximum Gasteiger partial charge on any atom is 0.256 e. The topological polar surface area (TPSA) is 82.2 Å². The number of benzene rings is 1. The molecule has 4 heterocycles. The fourth-order valence-electron chi connectivity index (χ4n) is 4.64. The molecule has 0 spiro atoms. The smallest absolute Gasteiger partial charge is 0.256 e. The third-order valence-electron chi connectivity index (χ3n) is 6.26. The van der Waals surface area contributed by atoms with Crippen LogP contribution in [0.1, 0.15) is 43.9 Å². The molecule has 0 aliphatic carbocycles. The van der Waals surface area contributed by atoms with Crippen molar-refractivity contribution in [2.24, 2.45) is 0 Å². The summed E-state index contributed by atoms with van der Waals surface area (Å²) in [5.74, 6) is -0.0889. The summed E-state index contributed by atoms with van der Waals surface area (Å²) in [6.07, 6.45) is 1.75. The lowest BCUT2D eigenvalue weighted by molar-refractivity contribution is -0.143. The highest BCUT2D eigenvalue weighted by molar-refractivity contribution is 6.01. The van der Waals surface area contributed by atoms with Crippen molar-refractivity contribution in [3.05, 3.63) is 47.4 Å². The Hall–Kier alpha value is -2.59. The average molecular weight is 472 g/mol. The summed E-state index contributed by atoms with van der Waals surface area (Å²) in [7, 11) is 0. The Balaban J connectivity index is 1.45. The number of ether oxygens (including phenoxy) is 4. The standard InChI is InChI=1S/C25H30FN3O5/c1-15(2)34-19-4-6-22(33-13-19)25(30)29-12-17-9-18(26)11-27-24(17)28-20-5-3-16(10-21(20)29)23-14-31-7-8-32-23/h3,5,9-11,15,19,22-23H,4,6-8,12-14H2,1-2H3,(H,27,28)/t19-,22+,23-/m0/s1. The van der Waals surface area contributed by atoms with Gasteiger partial charge < -0.3 is 29.2 Å². The largest absolute Gasteiger partial charge is 0.376 e. The van der Waals surface area contributed by atoms with E-state index in [1.165, 1.54) is 12.3 Å². The monoisotopic (exact) mass is 471 g/mol. The Morgan fingerprint density at radius 2 is 2.09 bits per heavy atom. The van der Waals surface area contributed by atoms with Gasteiger partial charge in [0, 0.05) is 5.56 Å². The Bertz CT molecular complexity index is 1040. The minimum Gasteiger partial charge on any atom is -0.376 e. The Morgan fingerprint density at radius 1 is 1.21 bits per heavy atom. The zero-order chi connectivity index (χ0) is 23.7. The quantitative estimate of drug-likeness (QED) is 0.725. The zero-order valence-corrected chi connectivity index (χ0v) is 19.5. The molecule has 0 unspecified atom stereocenters. The van der Waals surface area contributed by atoms with Gasteiger partial charge >= 0.3 is 0 Å². The highest BCUT2D eigenvalue weighted by atomic mass is 19.1. The summed E-state index contributed by atoms with van der Waals surface area (Å²) in [5, 5.41) is 3.27. The molecule has 0 bridgehead atoms. The first kappa shape index (κ1) is 23.2. The van der Waals surface area contributed by atoms with Crippen LogP contribution >= 0.6 is 0 Å². The molecule has 2 fully saturated rings. The summed E-state index contributed by atoms with van der Waals surface area (Å²) >= 11 is 0. The first-order chi connectivity index (χ1) is 16.5. The molecular weight excluding hydrogens is 441 g/mol. The van der Waals surface area contributed by atoms with Crippen LogP contribution in [-0.4, -0.2) is 55.6 Å². The number of carbonyl (C=O) groups excluding carboxylic acids is 1. The summed E-state index contributed by atoms with van der Waals surface area (Å²) in [5.41, 5.74) is 2.90. The van der Waals surface area contributed by atoms with Crippen molar-refractivity contribution in [1.82, 2.24) is 4.98 Å². The molecule has 8 nitrogen and oxygen atoms in total. The molecule has 1 aromatic heterocycles. The molecule has 5 rings (SSSR count). The van der Waals surface area contributed by atoms with Crippen LogP contribution in [0.2, 0.25) is 0 Å². The number of hydrogen-bond acceptors (Lipinski definition) is 7. The molecule has 1 amide bonds. The van der Waals surface area contributed by atoms with Crippen LogP contribution in [0.15, 0.2) is 30.5 Å². The van der Waals surface area contributed by atoms with Crippen molar-refractivity contribution in [3.8, 4) is 0 Å². The van der Waals surface area contributed by atoms with E-state index in [-0.39, 0.29) is 30.8 Å². The summed E-state index contributed by atoms with van der Waals surface area (Å²) in [4.78, 5) is 19.6. The van der Waals surface area contributed by atoms with Crippen LogP contribution in [0.5, 0.6) is 0 Å². The lowest BCUT2D eigenvalue weighted by Crippen LogP contribution is -2.44. The number of hydrogen-bond donors (Lipinski definition) is 1. The predicted molar refractivity (Wildman–Crippen MR) is 124 cm³/mol. The SMILES string of the molecule is CC(C)O[C@H]1CC[C@H](C(=O)N2Cc3cc(F)cnc3Nc3ccc([C@@H]4COCCO4)cc32)OC1. The van der Waals surface area contributed by atoms with Crippen molar-refractivity contribution in [1.29, 1.82) is 0 Å². The van der Waals surface area contributed by atoms with Gasteiger partial charge in [-0.1, -0.05) is 6.07 Å². The third kappa shape index (κ3) is 4.93. The number of anilines is 3. The van der Waals surface area contributed by atoms with Crippen molar-refractivity contribution in [2.45, 2.75) is 57.6 Å². The van der Waals surface area contributed by atoms with Crippen LogP contribution in [0, 0.1) is 5.82 Å². The predicted octanol–water partition coefficient (Wildman–Crippen LogP) is 3.87. The van der Waals surface area contributed by atoms with Crippen molar-refractivity contribution in [3.63, 3.8) is 0 Å². The lowest BCUT2D eigenvalue weighted by atomic mass is 10.0. The highest BCUT2D eigenvalue weighted by Gasteiger charge is 2.34. The second-order valence-corrected chi connectivity index (χ2v) is 9.13. The number of aromatic nitrogens is 1. The van der Waals surface area contributed by atoms with Gasteiger partial charge in [0.05, 0.1) is 62.8 Å². The Labute approximate surface area is 198 Å². The van der Waals surface area contributed by atoms with Crippen LogP contribution < -0.4 is 10.2 Å². The van der Waals surface area contributed by atoms with Crippen LogP contribution in [-0.2, 0) is 30.3 Å². The van der Waals surface area contributed by atoms with Gasteiger partial charge in [-0.15, -0.1) is 0 Å². The number of amides is 1. The van der Waals surface area contributed by atoms with E-state index in [1.54, 1.807) is 4.90 Å². The maximum absolute atomic E-state index is 14.0. The maximum atomic E-state index is 14.0. The summed E-state index contributed by atoms with van der Waals surface area (Å²) in [6, 6.07) is 7.20. The lowest BCUT2D eigenvalue weighted by Gasteiger charge is -2.33. The average Bonchev–Trinajstić information content (AvgIpc) is 3.00. The molecule has 1 aromatic carbocycles. The van der Waals surface area contributed by atoms with Gasteiger partial charge in [0.1, 0.15) is 23.8 Å². The first-order valence-corrected chi connectivity index (χ1v) is 11.8. The van der Waals surface area contributed by atoms with Gasteiger partial charge in [-0.2, -0.15) is 0 Å². The molecule has 1 N–H and O–H groups in total. The van der Waals surface area contributed by atoms with Crippen molar-refractivity contribution in [2.75, 3.05) is 36.6 Å².